The third-order valence-corrected chi connectivity index (χ3v) is 0. The van der Waals surface area contributed by atoms with Crippen molar-refractivity contribution in [2.24, 2.45) is 21.4 Å². The van der Waals surface area contributed by atoms with E-state index in [0.717, 1.165) is 21.4 Å². The molecule has 0 heterocycles. The van der Waals surface area contributed by atoms with Crippen molar-refractivity contribution < 1.29 is 21.1 Å². The molecule has 0 spiro atoms. The summed E-state index contributed by atoms with van der Waals surface area (Å²) in [6.07, 6.45) is 0. The first kappa shape index (κ1) is 30.2. The molecule has 0 aliphatic heterocycles. The standard InChI is InChI=1S/4HNO2.W/c4*2-1-3;/h4*(H,2,3);/p-4. The van der Waals surface area contributed by atoms with Gasteiger partial charge in [-0.15, -0.1) is 21.4 Å². The second kappa shape index (κ2) is 170. The Morgan fingerprint density at radius 1 is 0.538 bits per heavy atom. The Morgan fingerprint density at radius 2 is 0.538 bits per heavy atom. The molecular formula is N4O8W-4. The van der Waals surface area contributed by atoms with E-state index >= 15 is 0 Å². The van der Waals surface area contributed by atoms with Gasteiger partial charge >= 0.3 is 0 Å². The van der Waals surface area contributed by atoms with E-state index in [0.29, 0.717) is 0 Å². The molecule has 0 aromatic rings. The van der Waals surface area contributed by atoms with Crippen LogP contribution in [0.5, 0.6) is 0 Å². The van der Waals surface area contributed by atoms with Gasteiger partial charge in [0.05, 0.1) is 0 Å². The van der Waals surface area contributed by atoms with Gasteiger partial charge in [-0.25, -0.2) is 0 Å². The summed E-state index contributed by atoms with van der Waals surface area (Å²) in [6.45, 7) is 0. The number of hydrogen-bond acceptors (Lipinski definition) is 12. The largest absolute Gasteiger partial charge is 0.444 e. The third kappa shape index (κ3) is 241. The summed E-state index contributed by atoms with van der Waals surface area (Å²) in [5, 5.41) is 36.0. The zero-order valence-corrected chi connectivity index (χ0v) is 8.40. The average molecular weight is 368 g/mol. The van der Waals surface area contributed by atoms with Crippen molar-refractivity contribution >= 4 is 0 Å². The van der Waals surface area contributed by atoms with Crippen LogP contribution in [-0.4, -0.2) is 0 Å². The minimum atomic E-state index is 0. The fourth-order valence-electron chi connectivity index (χ4n) is 0. The van der Waals surface area contributed by atoms with Gasteiger partial charge < -0.3 is 40.5 Å². The predicted octanol–water partition coefficient (Wildman–Crippen LogP) is 1.000. The first-order valence-corrected chi connectivity index (χ1v) is 1.46. The van der Waals surface area contributed by atoms with Crippen LogP contribution in [0, 0.1) is 40.5 Å². The molecular weight excluding hydrogens is 368 g/mol. The molecule has 0 aliphatic carbocycles. The molecule has 12 nitrogen and oxygen atoms in total. The molecule has 0 saturated carbocycles. The molecule has 0 amide bonds. The summed E-state index contributed by atoms with van der Waals surface area (Å²) >= 11 is 0. The Balaban J connectivity index is -0.0000000213. The van der Waals surface area contributed by atoms with Crippen LogP contribution in [0.3, 0.4) is 0 Å². The summed E-state index contributed by atoms with van der Waals surface area (Å²) in [7, 11) is 0. The molecule has 0 bridgehead atoms. The number of nitrogens with zero attached hydrogens (tertiary/aromatic N) is 4. The quantitative estimate of drug-likeness (QED) is 0.443. The van der Waals surface area contributed by atoms with E-state index in [-0.39, 0.29) is 21.1 Å². The second-order valence-corrected chi connectivity index (χ2v) is 0.298. The minimum Gasteiger partial charge on any atom is -0.444 e. The Hall–Kier alpha value is -1.71. The molecule has 0 radical (unpaired) electrons. The van der Waals surface area contributed by atoms with E-state index in [2.05, 4.69) is 0 Å². The van der Waals surface area contributed by atoms with E-state index in [1.165, 1.54) is 0 Å². The summed E-state index contributed by atoms with van der Waals surface area (Å²) in [5.41, 5.74) is 0. The molecule has 0 aliphatic rings. The normalized spacial score (nSPS) is 3.69. The van der Waals surface area contributed by atoms with E-state index in [1.54, 1.807) is 0 Å². The Kier molecular flexibility index (Phi) is 394. The van der Waals surface area contributed by atoms with Crippen molar-refractivity contribution in [1.82, 2.24) is 0 Å². The van der Waals surface area contributed by atoms with Gasteiger partial charge in [-0.2, -0.15) is 0 Å². The van der Waals surface area contributed by atoms with Crippen molar-refractivity contribution in [3.8, 4) is 0 Å². The fourth-order valence-corrected chi connectivity index (χ4v) is 0. The van der Waals surface area contributed by atoms with Gasteiger partial charge in [-0.05, 0) is 0 Å². The van der Waals surface area contributed by atoms with Crippen LogP contribution in [0.15, 0.2) is 21.4 Å². The van der Waals surface area contributed by atoms with Crippen LogP contribution in [0.2, 0.25) is 0 Å². The predicted molar refractivity (Wildman–Crippen MR) is 36.6 cm³/mol. The fraction of sp³-hybridized carbons (Fsp3) is 0. The molecule has 0 fully saturated rings. The summed E-state index contributed by atoms with van der Waals surface area (Å²) < 4.78 is 0. The molecule has 0 rings (SSSR count). The average Bonchev–Trinajstić information content (AvgIpc) is 1.92. The number of rotatable bonds is 0. The Morgan fingerprint density at radius 3 is 0.538 bits per heavy atom. The molecule has 0 aromatic carbocycles. The van der Waals surface area contributed by atoms with Crippen LogP contribution < -0.4 is 0 Å². The van der Waals surface area contributed by atoms with Gasteiger partial charge in [0.15, 0.2) is 0 Å². The van der Waals surface area contributed by atoms with Crippen LogP contribution >= 0.6 is 0 Å². The van der Waals surface area contributed by atoms with Crippen molar-refractivity contribution in [1.29, 1.82) is 0 Å². The van der Waals surface area contributed by atoms with Crippen LogP contribution in [0.1, 0.15) is 0 Å². The monoisotopic (exact) mass is 368 g/mol. The third-order valence-electron chi connectivity index (χ3n) is 0. The van der Waals surface area contributed by atoms with Crippen LogP contribution in [0.4, 0.5) is 0 Å². The SMILES string of the molecule is O=N[O-].O=N[O-].O=N[O-].O=N[O-].[W]. The van der Waals surface area contributed by atoms with Gasteiger partial charge in [-0.3, -0.25) is 0 Å². The molecule has 0 aromatic heterocycles. The number of hydrogen-bond donors (Lipinski definition) is 0. The summed E-state index contributed by atoms with van der Waals surface area (Å²) in [6, 6.07) is 0. The van der Waals surface area contributed by atoms with Crippen molar-refractivity contribution in [3.63, 3.8) is 0 Å². The Labute approximate surface area is 83.6 Å². The Bertz CT molecular complexity index is 70.1. The maximum Gasteiger partial charge on any atom is 0 e. The topological polar surface area (TPSA) is 210 Å². The van der Waals surface area contributed by atoms with Gasteiger partial charge in [0.25, 0.3) is 0 Å². The van der Waals surface area contributed by atoms with E-state index in [4.69, 9.17) is 40.5 Å². The molecule has 0 N–H and O–H groups in total. The smallest absolute Gasteiger partial charge is 0 e. The van der Waals surface area contributed by atoms with E-state index in [9.17, 15) is 0 Å². The molecule has 0 atom stereocenters. The van der Waals surface area contributed by atoms with Crippen LogP contribution in [0.25, 0.3) is 0 Å². The maximum atomic E-state index is 8.00. The molecule has 0 unspecified atom stereocenters. The van der Waals surface area contributed by atoms with Crippen molar-refractivity contribution in [2.75, 3.05) is 0 Å². The minimum absolute atomic E-state index is 0. The maximum absolute atomic E-state index is 8.00. The first-order chi connectivity index (χ1) is 5.66. The first-order valence-electron chi connectivity index (χ1n) is 1.46. The summed E-state index contributed by atoms with van der Waals surface area (Å²) in [5.74, 6) is 0. The van der Waals surface area contributed by atoms with Crippen molar-refractivity contribution in [2.45, 2.75) is 0 Å². The van der Waals surface area contributed by atoms with Crippen molar-refractivity contribution in [3.05, 3.63) is 40.5 Å². The van der Waals surface area contributed by atoms with Gasteiger partial charge in [-0.1, -0.05) is 0 Å². The summed E-state index contributed by atoms with van der Waals surface area (Å²) in [4.78, 5) is 32.0. The van der Waals surface area contributed by atoms with Gasteiger partial charge in [0.2, 0.25) is 0 Å². The zero-order chi connectivity index (χ0) is 10.8. The molecule has 78 valence electrons. The van der Waals surface area contributed by atoms with Crippen LogP contribution in [-0.2, 0) is 21.1 Å². The van der Waals surface area contributed by atoms with Gasteiger partial charge in [0, 0.05) is 21.1 Å². The zero-order valence-electron chi connectivity index (χ0n) is 5.46. The molecule has 0 saturated heterocycles. The molecule has 13 heteroatoms. The van der Waals surface area contributed by atoms with Gasteiger partial charge in [0.1, 0.15) is 0 Å². The molecule has 13 heavy (non-hydrogen) atoms. The van der Waals surface area contributed by atoms with E-state index < -0.39 is 0 Å². The second-order valence-electron chi connectivity index (χ2n) is 0.298. The van der Waals surface area contributed by atoms with E-state index in [1.807, 2.05) is 0 Å².